The van der Waals surface area contributed by atoms with Gasteiger partial charge in [0.25, 0.3) is 5.91 Å². The first-order valence-electron chi connectivity index (χ1n) is 9.09. The molecule has 0 aromatic heterocycles. The highest BCUT2D eigenvalue weighted by molar-refractivity contribution is 6.30. The van der Waals surface area contributed by atoms with E-state index in [1.807, 2.05) is 0 Å². The number of hydrogen-bond donors (Lipinski definition) is 1. The van der Waals surface area contributed by atoms with Gasteiger partial charge in [0, 0.05) is 35.4 Å². The maximum Gasteiger partial charge on any atom is 0.253 e. The average Bonchev–Trinajstić information content (AvgIpc) is 2.73. The molecule has 2 aromatic carbocycles. The summed E-state index contributed by atoms with van der Waals surface area (Å²) in [6.07, 6.45) is 1.51. The van der Waals surface area contributed by atoms with Crippen LogP contribution in [0.25, 0.3) is 0 Å². The quantitative estimate of drug-likeness (QED) is 0.824. The van der Waals surface area contributed by atoms with E-state index in [-0.39, 0.29) is 17.7 Å². The van der Waals surface area contributed by atoms with Crippen molar-refractivity contribution in [1.29, 1.82) is 0 Å². The molecule has 148 valence electrons. The molecule has 28 heavy (non-hydrogen) atoms. The predicted octanol–water partition coefficient (Wildman–Crippen LogP) is 3.85. The molecule has 0 saturated carbocycles. The number of rotatable bonds is 5. The van der Waals surface area contributed by atoms with Crippen LogP contribution in [-0.4, -0.2) is 44.0 Å². The van der Waals surface area contributed by atoms with E-state index < -0.39 is 0 Å². The third-order valence-corrected chi connectivity index (χ3v) is 5.04. The van der Waals surface area contributed by atoms with E-state index in [2.05, 4.69) is 5.32 Å². The Morgan fingerprint density at radius 1 is 1.11 bits per heavy atom. The smallest absolute Gasteiger partial charge is 0.253 e. The fourth-order valence-electron chi connectivity index (χ4n) is 3.34. The van der Waals surface area contributed by atoms with Crippen molar-refractivity contribution in [3.05, 3.63) is 53.1 Å². The first-order valence-corrected chi connectivity index (χ1v) is 9.47. The molecule has 1 N–H and O–H groups in total. The van der Waals surface area contributed by atoms with Crippen LogP contribution in [0.4, 0.5) is 5.69 Å². The topological polar surface area (TPSA) is 67.9 Å². The number of methoxy groups -OCH3 is 2. The molecule has 1 saturated heterocycles. The number of likely N-dealkylation sites (tertiary alicyclic amines) is 1. The van der Waals surface area contributed by atoms with E-state index in [1.165, 1.54) is 0 Å². The SMILES string of the molecule is COc1ccc(NC(=O)C2CCCN(C(=O)c3cccc(Cl)c3)C2)cc1OC. The first kappa shape index (κ1) is 20.0. The Kier molecular flexibility index (Phi) is 6.41. The van der Waals surface area contributed by atoms with Gasteiger partial charge >= 0.3 is 0 Å². The number of hydrogen-bond acceptors (Lipinski definition) is 4. The van der Waals surface area contributed by atoms with Crippen LogP contribution in [0.3, 0.4) is 0 Å². The van der Waals surface area contributed by atoms with Crippen LogP contribution in [-0.2, 0) is 4.79 Å². The first-order chi connectivity index (χ1) is 13.5. The van der Waals surface area contributed by atoms with Crippen molar-refractivity contribution in [2.45, 2.75) is 12.8 Å². The lowest BCUT2D eigenvalue weighted by Crippen LogP contribution is -2.43. The molecule has 1 heterocycles. The second-order valence-electron chi connectivity index (χ2n) is 6.66. The van der Waals surface area contributed by atoms with E-state index in [1.54, 1.807) is 61.6 Å². The largest absolute Gasteiger partial charge is 0.493 e. The number of piperidine rings is 1. The summed E-state index contributed by atoms with van der Waals surface area (Å²) in [6, 6.07) is 12.1. The Hall–Kier alpha value is -2.73. The summed E-state index contributed by atoms with van der Waals surface area (Å²) in [5.41, 5.74) is 1.16. The van der Waals surface area contributed by atoms with E-state index in [9.17, 15) is 9.59 Å². The van der Waals surface area contributed by atoms with Crippen LogP contribution in [0, 0.1) is 5.92 Å². The zero-order chi connectivity index (χ0) is 20.1. The van der Waals surface area contributed by atoms with Gasteiger partial charge in [-0.05, 0) is 43.2 Å². The molecule has 0 spiro atoms. The summed E-state index contributed by atoms with van der Waals surface area (Å²) in [5, 5.41) is 3.43. The summed E-state index contributed by atoms with van der Waals surface area (Å²) < 4.78 is 10.5. The molecule has 3 rings (SSSR count). The minimum atomic E-state index is -0.273. The molecule has 1 aliphatic rings. The molecular weight excluding hydrogens is 380 g/mol. The van der Waals surface area contributed by atoms with Gasteiger partial charge in [-0.2, -0.15) is 0 Å². The third kappa shape index (κ3) is 4.57. The summed E-state index contributed by atoms with van der Waals surface area (Å²) in [4.78, 5) is 27.2. The van der Waals surface area contributed by atoms with Gasteiger partial charge in [-0.25, -0.2) is 0 Å². The molecule has 2 aromatic rings. The van der Waals surface area contributed by atoms with Crippen molar-refractivity contribution in [2.24, 2.45) is 5.92 Å². The van der Waals surface area contributed by atoms with Crippen LogP contribution in [0.1, 0.15) is 23.2 Å². The molecule has 0 aliphatic carbocycles. The Balaban J connectivity index is 1.67. The minimum absolute atomic E-state index is 0.105. The van der Waals surface area contributed by atoms with Gasteiger partial charge in [0.05, 0.1) is 20.1 Å². The lowest BCUT2D eigenvalue weighted by Gasteiger charge is -2.32. The normalized spacial score (nSPS) is 16.4. The lowest BCUT2D eigenvalue weighted by atomic mass is 9.96. The number of anilines is 1. The van der Waals surface area contributed by atoms with Crippen molar-refractivity contribution in [3.63, 3.8) is 0 Å². The van der Waals surface area contributed by atoms with Crippen molar-refractivity contribution in [2.75, 3.05) is 32.6 Å². The maximum absolute atomic E-state index is 12.7. The second-order valence-corrected chi connectivity index (χ2v) is 7.10. The Morgan fingerprint density at radius 2 is 1.89 bits per heavy atom. The average molecular weight is 403 g/mol. The van der Waals surface area contributed by atoms with Crippen molar-refractivity contribution < 1.29 is 19.1 Å². The third-order valence-electron chi connectivity index (χ3n) is 4.80. The van der Waals surface area contributed by atoms with Crippen LogP contribution < -0.4 is 14.8 Å². The number of halogens is 1. The van der Waals surface area contributed by atoms with Gasteiger partial charge in [0.1, 0.15) is 0 Å². The fourth-order valence-corrected chi connectivity index (χ4v) is 3.53. The highest BCUT2D eigenvalue weighted by Gasteiger charge is 2.29. The standard InChI is InChI=1S/C21H23ClN2O4/c1-27-18-9-8-17(12-19(18)28-2)23-20(25)15-6-4-10-24(13-15)21(26)14-5-3-7-16(22)11-14/h3,5,7-9,11-12,15H,4,6,10,13H2,1-2H3,(H,23,25). The zero-order valence-corrected chi connectivity index (χ0v) is 16.7. The number of carbonyl (C=O) groups excluding carboxylic acids is 2. The van der Waals surface area contributed by atoms with Crippen LogP contribution in [0.15, 0.2) is 42.5 Å². The number of carbonyl (C=O) groups is 2. The Bertz CT molecular complexity index is 871. The molecule has 0 radical (unpaired) electrons. The van der Waals surface area contributed by atoms with Crippen LogP contribution in [0.5, 0.6) is 11.5 Å². The molecule has 1 unspecified atom stereocenters. The monoisotopic (exact) mass is 402 g/mol. The highest BCUT2D eigenvalue weighted by atomic mass is 35.5. The maximum atomic E-state index is 12.7. The lowest BCUT2D eigenvalue weighted by molar-refractivity contribution is -0.121. The van der Waals surface area contributed by atoms with Crippen molar-refractivity contribution in [3.8, 4) is 11.5 Å². The fraction of sp³-hybridized carbons (Fsp3) is 0.333. The molecule has 2 amide bonds. The summed E-state index contributed by atoms with van der Waals surface area (Å²) >= 11 is 5.99. The van der Waals surface area contributed by atoms with Crippen LogP contribution >= 0.6 is 11.6 Å². The van der Waals surface area contributed by atoms with Gasteiger partial charge < -0.3 is 19.7 Å². The number of ether oxygens (including phenoxy) is 2. The highest BCUT2D eigenvalue weighted by Crippen LogP contribution is 2.30. The number of nitrogens with zero attached hydrogens (tertiary/aromatic N) is 1. The van der Waals surface area contributed by atoms with Gasteiger partial charge in [-0.15, -0.1) is 0 Å². The minimum Gasteiger partial charge on any atom is -0.493 e. The van der Waals surface area contributed by atoms with Gasteiger partial charge in [-0.1, -0.05) is 17.7 Å². The van der Waals surface area contributed by atoms with Crippen molar-refractivity contribution in [1.82, 2.24) is 4.90 Å². The van der Waals surface area contributed by atoms with Crippen molar-refractivity contribution >= 4 is 29.1 Å². The summed E-state index contributed by atoms with van der Waals surface area (Å²) in [6.45, 7) is 1.01. The summed E-state index contributed by atoms with van der Waals surface area (Å²) in [5.74, 6) is 0.644. The molecule has 6 nitrogen and oxygen atoms in total. The summed E-state index contributed by atoms with van der Waals surface area (Å²) in [7, 11) is 3.10. The van der Waals surface area contributed by atoms with Gasteiger partial charge in [0.2, 0.25) is 5.91 Å². The number of benzene rings is 2. The van der Waals surface area contributed by atoms with Gasteiger partial charge in [-0.3, -0.25) is 9.59 Å². The van der Waals surface area contributed by atoms with E-state index in [4.69, 9.17) is 21.1 Å². The second kappa shape index (κ2) is 8.97. The van der Waals surface area contributed by atoms with E-state index >= 15 is 0 Å². The predicted molar refractivity (Wildman–Crippen MR) is 108 cm³/mol. The molecule has 1 aliphatic heterocycles. The number of amides is 2. The van der Waals surface area contributed by atoms with E-state index in [0.29, 0.717) is 40.9 Å². The van der Waals surface area contributed by atoms with Crippen LogP contribution in [0.2, 0.25) is 5.02 Å². The van der Waals surface area contributed by atoms with Gasteiger partial charge in [0.15, 0.2) is 11.5 Å². The van der Waals surface area contributed by atoms with E-state index in [0.717, 1.165) is 12.8 Å². The molecule has 0 bridgehead atoms. The molecule has 7 heteroatoms. The molecular formula is C21H23ClN2O4. The number of nitrogens with one attached hydrogen (secondary N) is 1. The Labute approximate surface area is 169 Å². The molecule has 1 atom stereocenters. The zero-order valence-electron chi connectivity index (χ0n) is 15.9. The molecule has 1 fully saturated rings. The Morgan fingerprint density at radius 3 is 2.61 bits per heavy atom.